The molecule has 0 aromatic heterocycles. The SMILES string of the molecule is CN(C1CCCCc2c(OCC(=O)O)cccc21)S(=O)(=O)c1ccccc1. The summed E-state index contributed by atoms with van der Waals surface area (Å²) >= 11 is 0. The Balaban J connectivity index is 1.98. The molecule has 0 saturated heterocycles. The first kappa shape index (κ1) is 19.4. The monoisotopic (exact) mass is 389 g/mol. The number of rotatable bonds is 6. The highest BCUT2D eigenvalue weighted by atomic mass is 32.2. The minimum Gasteiger partial charge on any atom is -0.482 e. The van der Waals surface area contributed by atoms with Crippen LogP contribution < -0.4 is 4.74 Å². The molecule has 0 radical (unpaired) electrons. The van der Waals surface area contributed by atoms with Crippen molar-refractivity contribution in [3.8, 4) is 5.75 Å². The summed E-state index contributed by atoms with van der Waals surface area (Å²) in [5, 5.41) is 8.89. The quantitative estimate of drug-likeness (QED) is 0.767. The highest BCUT2D eigenvalue weighted by molar-refractivity contribution is 7.89. The Bertz CT molecular complexity index is 911. The number of carboxylic acid groups (broad SMARTS) is 1. The number of nitrogens with zero attached hydrogens (tertiary/aromatic N) is 1. The van der Waals surface area contributed by atoms with E-state index in [9.17, 15) is 13.2 Å². The number of carbonyl (C=O) groups is 1. The van der Waals surface area contributed by atoms with Crippen LogP contribution in [0.2, 0.25) is 0 Å². The summed E-state index contributed by atoms with van der Waals surface area (Å²) in [5.74, 6) is -0.520. The maximum atomic E-state index is 13.1. The van der Waals surface area contributed by atoms with Crippen molar-refractivity contribution in [3.05, 3.63) is 59.7 Å². The van der Waals surface area contributed by atoms with Gasteiger partial charge in [0.15, 0.2) is 6.61 Å². The highest BCUT2D eigenvalue weighted by Gasteiger charge is 2.32. The van der Waals surface area contributed by atoms with Crippen molar-refractivity contribution in [1.82, 2.24) is 4.31 Å². The normalized spacial score (nSPS) is 17.2. The van der Waals surface area contributed by atoms with Crippen molar-refractivity contribution in [3.63, 3.8) is 0 Å². The second kappa shape index (κ2) is 8.10. The fraction of sp³-hybridized carbons (Fsp3) is 0.350. The van der Waals surface area contributed by atoms with Gasteiger partial charge in [-0.2, -0.15) is 4.31 Å². The van der Waals surface area contributed by atoms with Gasteiger partial charge in [-0.25, -0.2) is 13.2 Å². The molecule has 1 unspecified atom stereocenters. The topological polar surface area (TPSA) is 83.9 Å². The zero-order valence-corrected chi connectivity index (χ0v) is 16.0. The van der Waals surface area contributed by atoms with Crippen molar-refractivity contribution < 1.29 is 23.1 Å². The lowest BCUT2D eigenvalue weighted by molar-refractivity contribution is -0.139. The van der Waals surface area contributed by atoms with E-state index in [0.717, 1.165) is 30.4 Å². The van der Waals surface area contributed by atoms with Crippen LogP contribution in [-0.2, 0) is 21.2 Å². The zero-order valence-electron chi connectivity index (χ0n) is 15.2. The Morgan fingerprint density at radius 3 is 2.59 bits per heavy atom. The number of hydrogen-bond acceptors (Lipinski definition) is 4. The third-order valence-electron chi connectivity index (χ3n) is 4.89. The number of carboxylic acids is 1. The number of benzene rings is 2. The third kappa shape index (κ3) is 4.14. The lowest BCUT2D eigenvalue weighted by Crippen LogP contribution is -2.31. The molecule has 27 heavy (non-hydrogen) atoms. The van der Waals surface area contributed by atoms with Crippen molar-refractivity contribution in [2.45, 2.75) is 36.6 Å². The maximum absolute atomic E-state index is 13.1. The largest absolute Gasteiger partial charge is 0.482 e. The van der Waals surface area contributed by atoms with E-state index in [1.165, 1.54) is 4.31 Å². The van der Waals surface area contributed by atoms with Crippen LogP contribution in [0.1, 0.15) is 36.4 Å². The zero-order chi connectivity index (χ0) is 19.4. The molecule has 0 amide bonds. The molecule has 1 atom stereocenters. The molecule has 1 aliphatic carbocycles. The summed E-state index contributed by atoms with van der Waals surface area (Å²) in [6.45, 7) is -0.417. The lowest BCUT2D eigenvalue weighted by atomic mass is 9.98. The highest BCUT2D eigenvalue weighted by Crippen LogP contribution is 2.38. The van der Waals surface area contributed by atoms with Crippen molar-refractivity contribution in [2.75, 3.05) is 13.7 Å². The summed E-state index contributed by atoms with van der Waals surface area (Å²) in [6, 6.07) is 13.5. The molecule has 2 aromatic rings. The van der Waals surface area contributed by atoms with Gasteiger partial charge >= 0.3 is 5.97 Å². The second-order valence-corrected chi connectivity index (χ2v) is 8.60. The van der Waals surface area contributed by atoms with Gasteiger partial charge in [-0.05, 0) is 48.6 Å². The first-order chi connectivity index (χ1) is 12.9. The van der Waals surface area contributed by atoms with Crippen LogP contribution in [0, 0.1) is 0 Å². The van der Waals surface area contributed by atoms with Gasteiger partial charge in [-0.1, -0.05) is 36.8 Å². The van der Waals surface area contributed by atoms with Crippen LogP contribution >= 0.6 is 0 Å². The van der Waals surface area contributed by atoms with Gasteiger partial charge in [0.2, 0.25) is 10.0 Å². The molecule has 7 heteroatoms. The molecule has 2 aromatic carbocycles. The van der Waals surface area contributed by atoms with Crippen LogP contribution in [0.15, 0.2) is 53.4 Å². The van der Waals surface area contributed by atoms with Gasteiger partial charge in [0.1, 0.15) is 5.75 Å². The van der Waals surface area contributed by atoms with E-state index in [1.54, 1.807) is 49.5 Å². The molecule has 1 N–H and O–H groups in total. The molecule has 144 valence electrons. The minimum atomic E-state index is -3.64. The Morgan fingerprint density at radius 1 is 1.15 bits per heavy atom. The lowest BCUT2D eigenvalue weighted by Gasteiger charge is -2.28. The summed E-state index contributed by atoms with van der Waals surface area (Å²) in [4.78, 5) is 11.1. The molecule has 0 saturated carbocycles. The fourth-order valence-corrected chi connectivity index (χ4v) is 4.92. The maximum Gasteiger partial charge on any atom is 0.341 e. The Morgan fingerprint density at radius 2 is 1.89 bits per heavy atom. The van der Waals surface area contributed by atoms with E-state index in [1.807, 2.05) is 6.07 Å². The van der Waals surface area contributed by atoms with Crippen LogP contribution in [0.3, 0.4) is 0 Å². The summed E-state index contributed by atoms with van der Waals surface area (Å²) in [5.41, 5.74) is 1.79. The van der Waals surface area contributed by atoms with E-state index in [2.05, 4.69) is 0 Å². The molecule has 0 spiro atoms. The average Bonchev–Trinajstić information content (AvgIpc) is 2.89. The summed E-state index contributed by atoms with van der Waals surface area (Å²) < 4.78 is 33.0. The molecular weight excluding hydrogens is 366 g/mol. The number of ether oxygens (including phenoxy) is 1. The van der Waals surface area contributed by atoms with Gasteiger partial charge in [0.05, 0.1) is 10.9 Å². The first-order valence-corrected chi connectivity index (χ1v) is 10.3. The number of sulfonamides is 1. The van der Waals surface area contributed by atoms with Crippen LogP contribution in [-0.4, -0.2) is 37.5 Å². The smallest absolute Gasteiger partial charge is 0.341 e. The standard InChI is InChI=1S/C20H23NO5S/c1-21(27(24,25)15-8-3-2-4-9-15)18-12-6-5-10-17-16(18)11-7-13-19(17)26-14-20(22)23/h2-4,7-9,11,13,18H,5-6,10,12,14H2,1H3,(H,22,23). The summed E-state index contributed by atoms with van der Waals surface area (Å²) in [7, 11) is -2.03. The molecular formula is C20H23NO5S. The predicted molar refractivity (Wildman–Crippen MR) is 101 cm³/mol. The molecule has 0 bridgehead atoms. The van der Waals surface area contributed by atoms with Gasteiger partial charge in [-0.3, -0.25) is 0 Å². The van der Waals surface area contributed by atoms with E-state index < -0.39 is 22.6 Å². The third-order valence-corrected chi connectivity index (χ3v) is 6.77. The van der Waals surface area contributed by atoms with E-state index in [0.29, 0.717) is 12.2 Å². The van der Waals surface area contributed by atoms with Gasteiger partial charge in [0, 0.05) is 7.05 Å². The number of fused-ring (bicyclic) bond motifs is 1. The van der Waals surface area contributed by atoms with Crippen molar-refractivity contribution in [2.24, 2.45) is 0 Å². The second-order valence-electron chi connectivity index (χ2n) is 6.60. The van der Waals surface area contributed by atoms with Crippen LogP contribution in [0.5, 0.6) is 5.75 Å². The summed E-state index contributed by atoms with van der Waals surface area (Å²) in [6.07, 6.45) is 3.22. The molecule has 1 aliphatic rings. The predicted octanol–water partition coefficient (Wildman–Crippen LogP) is 3.24. The molecule has 0 fully saturated rings. The average molecular weight is 389 g/mol. The van der Waals surface area contributed by atoms with E-state index >= 15 is 0 Å². The molecule has 3 rings (SSSR count). The number of aliphatic carboxylic acids is 1. The van der Waals surface area contributed by atoms with E-state index in [-0.39, 0.29) is 10.9 Å². The Hall–Kier alpha value is -2.38. The van der Waals surface area contributed by atoms with Gasteiger partial charge in [-0.15, -0.1) is 0 Å². The van der Waals surface area contributed by atoms with Crippen LogP contribution in [0.4, 0.5) is 0 Å². The van der Waals surface area contributed by atoms with Crippen molar-refractivity contribution >= 4 is 16.0 Å². The fourth-order valence-electron chi connectivity index (χ4n) is 3.54. The molecule has 6 nitrogen and oxygen atoms in total. The van der Waals surface area contributed by atoms with E-state index in [4.69, 9.17) is 9.84 Å². The molecule has 0 aliphatic heterocycles. The van der Waals surface area contributed by atoms with Gasteiger partial charge < -0.3 is 9.84 Å². The first-order valence-electron chi connectivity index (χ1n) is 8.90. The van der Waals surface area contributed by atoms with Gasteiger partial charge in [0.25, 0.3) is 0 Å². The Kier molecular flexibility index (Phi) is 5.82. The van der Waals surface area contributed by atoms with Crippen molar-refractivity contribution in [1.29, 1.82) is 0 Å². The van der Waals surface area contributed by atoms with Crippen LogP contribution in [0.25, 0.3) is 0 Å². The molecule has 0 heterocycles. The minimum absolute atomic E-state index is 0.261. The Labute approximate surface area is 159 Å². The number of hydrogen-bond donors (Lipinski definition) is 1.